The Hall–Kier alpha value is -1.71. The maximum absolute atomic E-state index is 11.3. The molecule has 0 saturated carbocycles. The molecule has 2 rings (SSSR count). The van der Waals surface area contributed by atoms with Gasteiger partial charge in [-0.2, -0.15) is 0 Å². The standard InChI is InChI=1S/C12H18N4O4S/c1-14-8-9-3-2-6-15(9)11-5-4-10(21(13,19)20)7-12(11)16(17)18/h4-5,7,9,14H,2-3,6,8H2,1H3,(H2,13,19,20). The summed E-state index contributed by atoms with van der Waals surface area (Å²) in [6.45, 7) is 1.43. The summed E-state index contributed by atoms with van der Waals surface area (Å²) in [5.41, 5.74) is 0.203. The molecule has 0 aliphatic carbocycles. The molecule has 0 radical (unpaired) electrons. The van der Waals surface area contributed by atoms with Gasteiger partial charge in [0.2, 0.25) is 10.0 Å². The zero-order valence-corrected chi connectivity index (χ0v) is 12.5. The van der Waals surface area contributed by atoms with Gasteiger partial charge in [-0.3, -0.25) is 10.1 Å². The van der Waals surface area contributed by atoms with E-state index in [2.05, 4.69) is 5.32 Å². The number of nitrogens with one attached hydrogen (secondary N) is 1. The molecule has 0 aromatic heterocycles. The minimum Gasteiger partial charge on any atom is -0.362 e. The molecule has 0 amide bonds. The molecule has 0 bridgehead atoms. The summed E-state index contributed by atoms with van der Waals surface area (Å²) < 4.78 is 22.7. The number of rotatable bonds is 5. The van der Waals surface area contributed by atoms with Gasteiger partial charge in [-0.15, -0.1) is 0 Å². The first kappa shape index (κ1) is 15.7. The number of benzene rings is 1. The second kappa shape index (κ2) is 5.96. The minimum atomic E-state index is -3.96. The van der Waals surface area contributed by atoms with Crippen LogP contribution in [0.2, 0.25) is 0 Å². The fraction of sp³-hybridized carbons (Fsp3) is 0.500. The number of primary sulfonamides is 1. The molecule has 1 atom stereocenters. The van der Waals surface area contributed by atoms with Crippen molar-refractivity contribution >= 4 is 21.4 Å². The summed E-state index contributed by atoms with van der Waals surface area (Å²) in [4.78, 5) is 12.4. The molecule has 1 saturated heterocycles. The third-order valence-corrected chi connectivity index (χ3v) is 4.51. The van der Waals surface area contributed by atoms with Crippen LogP contribution >= 0.6 is 0 Å². The van der Waals surface area contributed by atoms with Crippen molar-refractivity contribution in [1.82, 2.24) is 5.32 Å². The van der Waals surface area contributed by atoms with Crippen LogP contribution in [0.1, 0.15) is 12.8 Å². The third-order valence-electron chi connectivity index (χ3n) is 3.60. The molecule has 1 heterocycles. The third kappa shape index (κ3) is 3.31. The summed E-state index contributed by atoms with van der Waals surface area (Å²) in [6, 6.07) is 3.96. The van der Waals surface area contributed by atoms with Crippen molar-refractivity contribution in [2.24, 2.45) is 5.14 Å². The highest BCUT2D eigenvalue weighted by Crippen LogP contribution is 2.34. The van der Waals surface area contributed by atoms with Crippen molar-refractivity contribution < 1.29 is 13.3 Å². The number of anilines is 1. The molecule has 1 aromatic rings. The first-order valence-electron chi connectivity index (χ1n) is 6.57. The van der Waals surface area contributed by atoms with E-state index in [1.54, 1.807) is 0 Å². The maximum atomic E-state index is 11.3. The number of sulfonamides is 1. The molecule has 3 N–H and O–H groups in total. The quantitative estimate of drug-likeness (QED) is 0.601. The smallest absolute Gasteiger partial charge is 0.293 e. The van der Waals surface area contributed by atoms with Crippen LogP contribution in [0.25, 0.3) is 0 Å². The Morgan fingerprint density at radius 3 is 2.81 bits per heavy atom. The Labute approximate surface area is 123 Å². The van der Waals surface area contributed by atoms with Crippen molar-refractivity contribution in [2.75, 3.05) is 25.0 Å². The zero-order chi connectivity index (χ0) is 15.6. The predicted molar refractivity (Wildman–Crippen MR) is 78.8 cm³/mol. The summed E-state index contributed by atoms with van der Waals surface area (Å²) in [5, 5.41) is 19.3. The lowest BCUT2D eigenvalue weighted by molar-refractivity contribution is -0.384. The van der Waals surface area contributed by atoms with Gasteiger partial charge in [0, 0.05) is 25.2 Å². The molecule has 21 heavy (non-hydrogen) atoms. The van der Waals surface area contributed by atoms with Crippen molar-refractivity contribution in [3.63, 3.8) is 0 Å². The first-order chi connectivity index (χ1) is 9.84. The predicted octanol–water partition coefficient (Wildman–Crippen LogP) is 0.430. The van der Waals surface area contributed by atoms with Gasteiger partial charge in [-0.25, -0.2) is 13.6 Å². The molecular formula is C12H18N4O4S. The Morgan fingerprint density at radius 2 is 2.24 bits per heavy atom. The number of nitro groups is 1. The summed E-state index contributed by atoms with van der Waals surface area (Å²) in [7, 11) is -2.13. The van der Waals surface area contributed by atoms with Crippen LogP contribution in [0.3, 0.4) is 0 Å². The van der Waals surface area contributed by atoms with Gasteiger partial charge in [0.1, 0.15) is 5.69 Å². The minimum absolute atomic E-state index is 0.161. The van der Waals surface area contributed by atoms with Crippen molar-refractivity contribution in [1.29, 1.82) is 0 Å². The fourth-order valence-electron chi connectivity index (χ4n) is 2.67. The SMILES string of the molecule is CNCC1CCCN1c1ccc(S(N)(=O)=O)cc1[N+](=O)[O-]. The number of likely N-dealkylation sites (N-methyl/N-ethyl adjacent to an activating group) is 1. The van der Waals surface area contributed by atoms with E-state index in [1.807, 2.05) is 11.9 Å². The lowest BCUT2D eigenvalue weighted by atomic mass is 10.2. The molecular weight excluding hydrogens is 296 g/mol. The highest BCUT2D eigenvalue weighted by Gasteiger charge is 2.30. The van der Waals surface area contributed by atoms with Crippen molar-refractivity contribution in [3.8, 4) is 0 Å². The highest BCUT2D eigenvalue weighted by molar-refractivity contribution is 7.89. The molecule has 1 fully saturated rings. The highest BCUT2D eigenvalue weighted by atomic mass is 32.2. The number of hydrogen-bond acceptors (Lipinski definition) is 6. The summed E-state index contributed by atoms with van der Waals surface area (Å²) in [5.74, 6) is 0. The van der Waals surface area contributed by atoms with Crippen LogP contribution in [0.15, 0.2) is 23.1 Å². The van der Waals surface area contributed by atoms with E-state index < -0.39 is 14.9 Å². The molecule has 1 aliphatic heterocycles. The number of hydrogen-bond donors (Lipinski definition) is 2. The Balaban J connectivity index is 2.46. The number of nitro benzene ring substituents is 1. The van der Waals surface area contributed by atoms with E-state index in [9.17, 15) is 18.5 Å². The van der Waals surface area contributed by atoms with Crippen LogP contribution < -0.4 is 15.4 Å². The largest absolute Gasteiger partial charge is 0.362 e. The molecule has 1 aliphatic rings. The average Bonchev–Trinajstić information content (AvgIpc) is 2.85. The lowest BCUT2D eigenvalue weighted by Crippen LogP contribution is -2.37. The van der Waals surface area contributed by atoms with E-state index >= 15 is 0 Å². The zero-order valence-electron chi connectivity index (χ0n) is 11.7. The average molecular weight is 314 g/mol. The van der Waals surface area contributed by atoms with Gasteiger partial charge in [0.15, 0.2) is 0 Å². The van der Waals surface area contributed by atoms with Gasteiger partial charge >= 0.3 is 0 Å². The lowest BCUT2D eigenvalue weighted by Gasteiger charge is -2.26. The Morgan fingerprint density at radius 1 is 1.52 bits per heavy atom. The second-order valence-corrected chi connectivity index (χ2v) is 6.56. The Bertz CT molecular complexity index is 647. The van der Waals surface area contributed by atoms with E-state index in [0.717, 1.165) is 18.9 Å². The van der Waals surface area contributed by atoms with Crippen LogP contribution in [-0.2, 0) is 10.0 Å². The van der Waals surface area contributed by atoms with Crippen molar-refractivity contribution in [3.05, 3.63) is 28.3 Å². The van der Waals surface area contributed by atoms with Crippen molar-refractivity contribution in [2.45, 2.75) is 23.8 Å². The van der Waals surface area contributed by atoms with Crippen LogP contribution in [0.4, 0.5) is 11.4 Å². The second-order valence-electron chi connectivity index (χ2n) is 5.00. The number of nitrogens with zero attached hydrogens (tertiary/aromatic N) is 2. The van der Waals surface area contributed by atoms with Crippen LogP contribution in [0.5, 0.6) is 0 Å². The monoisotopic (exact) mass is 314 g/mol. The first-order valence-corrected chi connectivity index (χ1v) is 8.11. The molecule has 8 nitrogen and oxygen atoms in total. The van der Waals surface area contributed by atoms with E-state index in [-0.39, 0.29) is 16.6 Å². The van der Waals surface area contributed by atoms with E-state index in [0.29, 0.717) is 18.8 Å². The maximum Gasteiger partial charge on any atom is 0.293 e. The van der Waals surface area contributed by atoms with Gasteiger partial charge in [-0.05, 0) is 32.0 Å². The fourth-order valence-corrected chi connectivity index (χ4v) is 3.20. The summed E-state index contributed by atoms with van der Waals surface area (Å²) >= 11 is 0. The van der Waals surface area contributed by atoms with Gasteiger partial charge in [0.05, 0.1) is 9.82 Å². The van der Waals surface area contributed by atoms with E-state index in [4.69, 9.17) is 5.14 Å². The van der Waals surface area contributed by atoms with E-state index in [1.165, 1.54) is 12.1 Å². The van der Waals surface area contributed by atoms with Gasteiger partial charge in [-0.1, -0.05) is 0 Å². The Kier molecular flexibility index (Phi) is 4.45. The molecule has 1 aromatic carbocycles. The van der Waals surface area contributed by atoms with Gasteiger partial charge in [0.25, 0.3) is 5.69 Å². The van der Waals surface area contributed by atoms with Gasteiger partial charge < -0.3 is 10.2 Å². The number of nitrogens with two attached hydrogens (primary N) is 1. The topological polar surface area (TPSA) is 119 Å². The van der Waals surface area contributed by atoms with Crippen LogP contribution in [0, 0.1) is 10.1 Å². The summed E-state index contributed by atoms with van der Waals surface area (Å²) in [6.07, 6.45) is 1.88. The normalized spacial score (nSPS) is 19.0. The molecule has 116 valence electrons. The molecule has 0 spiro atoms. The molecule has 9 heteroatoms. The van der Waals surface area contributed by atoms with Crippen LogP contribution in [-0.4, -0.2) is 39.5 Å². The molecule has 1 unspecified atom stereocenters.